The van der Waals surface area contributed by atoms with Crippen LogP contribution in [0.1, 0.15) is 22.8 Å². The molecule has 1 N–H and O–H groups in total. The first-order valence-corrected chi connectivity index (χ1v) is 6.95. The summed E-state index contributed by atoms with van der Waals surface area (Å²) in [5, 5.41) is 23.1. The number of aromatic nitrogens is 3. The van der Waals surface area contributed by atoms with Gasteiger partial charge < -0.3 is 5.11 Å². The molecule has 0 fully saturated rings. The monoisotopic (exact) mass is 322 g/mol. The summed E-state index contributed by atoms with van der Waals surface area (Å²) in [5.41, 5.74) is 0.918. The van der Waals surface area contributed by atoms with E-state index < -0.39 is 5.82 Å². The lowest BCUT2D eigenvalue weighted by Gasteiger charge is -2.05. The van der Waals surface area contributed by atoms with Crippen LogP contribution < -0.4 is 0 Å². The largest absolute Gasteiger partial charge is 0.493 e. The van der Waals surface area contributed by atoms with Crippen molar-refractivity contribution in [1.82, 2.24) is 14.8 Å². The number of nitriles is 1. The molecule has 0 spiro atoms. The van der Waals surface area contributed by atoms with Crippen LogP contribution >= 0.6 is 0 Å². The molecule has 6 nitrogen and oxygen atoms in total. The number of hydrogen-bond donors (Lipinski definition) is 1. The number of carbonyl (C=O) groups is 1. The van der Waals surface area contributed by atoms with E-state index >= 15 is 0 Å². The van der Waals surface area contributed by atoms with Gasteiger partial charge in [-0.05, 0) is 37.3 Å². The minimum absolute atomic E-state index is 0.123. The Morgan fingerprint density at radius 2 is 2.04 bits per heavy atom. The molecule has 24 heavy (non-hydrogen) atoms. The average molecular weight is 322 g/mol. The van der Waals surface area contributed by atoms with Gasteiger partial charge >= 0.3 is 0 Å². The molecule has 0 amide bonds. The molecule has 3 aromatic rings. The van der Waals surface area contributed by atoms with Gasteiger partial charge in [-0.2, -0.15) is 15.0 Å². The highest BCUT2D eigenvalue weighted by atomic mass is 19.1. The Morgan fingerprint density at radius 3 is 2.62 bits per heavy atom. The quantitative estimate of drug-likeness (QED) is 0.749. The van der Waals surface area contributed by atoms with Crippen molar-refractivity contribution >= 4 is 5.78 Å². The van der Waals surface area contributed by atoms with Gasteiger partial charge in [-0.15, -0.1) is 0 Å². The lowest BCUT2D eigenvalue weighted by molar-refractivity contribution is 0.101. The number of rotatable bonds is 3. The molecule has 0 aliphatic heterocycles. The summed E-state index contributed by atoms with van der Waals surface area (Å²) >= 11 is 0. The molecule has 0 aliphatic carbocycles. The number of pyridine rings is 1. The highest BCUT2D eigenvalue weighted by Gasteiger charge is 2.17. The maximum Gasteiger partial charge on any atom is 0.223 e. The first kappa shape index (κ1) is 15.4. The fraction of sp³-hybridized carbons (Fsp3) is 0.0588. The third kappa shape index (κ3) is 2.61. The number of nitrogens with zero attached hydrogens (tertiary/aromatic N) is 4. The molecule has 0 atom stereocenters. The summed E-state index contributed by atoms with van der Waals surface area (Å²) in [5.74, 6) is -0.762. The summed E-state index contributed by atoms with van der Waals surface area (Å²) in [4.78, 5) is 15.3. The van der Waals surface area contributed by atoms with Gasteiger partial charge in [-0.3, -0.25) is 4.79 Å². The maximum absolute atomic E-state index is 14.1. The molecule has 0 unspecified atom stereocenters. The number of hydrogen-bond acceptors (Lipinski definition) is 5. The SMILES string of the molecule is CC(=O)c1ccc(-n2ncc(-c3ccc(C#N)cc3F)c2O)nc1. The molecule has 0 bridgehead atoms. The molecular formula is C17H11FN4O2. The van der Waals surface area contributed by atoms with E-state index in [0.29, 0.717) is 5.56 Å². The van der Waals surface area contributed by atoms with E-state index in [1.165, 1.54) is 37.5 Å². The Labute approximate surface area is 136 Å². The van der Waals surface area contributed by atoms with Crippen LogP contribution in [-0.2, 0) is 0 Å². The first-order valence-electron chi connectivity index (χ1n) is 6.95. The second-order valence-corrected chi connectivity index (χ2v) is 5.06. The average Bonchev–Trinajstić information content (AvgIpc) is 2.96. The zero-order valence-corrected chi connectivity index (χ0v) is 12.6. The van der Waals surface area contributed by atoms with Crippen LogP contribution in [0.3, 0.4) is 0 Å². The van der Waals surface area contributed by atoms with E-state index in [1.807, 2.05) is 6.07 Å². The summed E-state index contributed by atoms with van der Waals surface area (Å²) in [6.07, 6.45) is 2.68. The Kier molecular flexibility index (Phi) is 3.80. The van der Waals surface area contributed by atoms with Crippen molar-refractivity contribution in [2.75, 3.05) is 0 Å². The van der Waals surface area contributed by atoms with Crippen molar-refractivity contribution in [3.63, 3.8) is 0 Å². The van der Waals surface area contributed by atoms with E-state index in [-0.39, 0.29) is 34.2 Å². The van der Waals surface area contributed by atoms with Crippen LogP contribution in [0.4, 0.5) is 4.39 Å². The van der Waals surface area contributed by atoms with Crippen LogP contribution in [0.5, 0.6) is 5.88 Å². The van der Waals surface area contributed by atoms with Crippen LogP contribution in [0.25, 0.3) is 16.9 Å². The Balaban J connectivity index is 2.03. The number of aromatic hydroxyl groups is 1. The number of ketones is 1. The Hall–Kier alpha value is -3.53. The van der Waals surface area contributed by atoms with E-state index in [1.54, 1.807) is 6.07 Å². The smallest absolute Gasteiger partial charge is 0.223 e. The minimum atomic E-state index is -0.635. The van der Waals surface area contributed by atoms with E-state index in [2.05, 4.69) is 10.1 Å². The van der Waals surface area contributed by atoms with E-state index in [0.717, 1.165) is 10.7 Å². The van der Waals surface area contributed by atoms with E-state index in [9.17, 15) is 14.3 Å². The minimum Gasteiger partial charge on any atom is -0.493 e. The second kappa shape index (κ2) is 5.93. The normalized spacial score (nSPS) is 10.4. The van der Waals surface area contributed by atoms with Gasteiger partial charge in [0.15, 0.2) is 11.6 Å². The molecule has 3 rings (SSSR count). The Bertz CT molecular complexity index is 971. The van der Waals surface area contributed by atoms with Gasteiger partial charge in [0.1, 0.15) is 5.82 Å². The molecule has 2 heterocycles. The van der Waals surface area contributed by atoms with Gasteiger partial charge in [0.2, 0.25) is 5.88 Å². The molecule has 0 saturated carbocycles. The fourth-order valence-corrected chi connectivity index (χ4v) is 2.22. The topological polar surface area (TPSA) is 91.8 Å². The lowest BCUT2D eigenvalue weighted by atomic mass is 10.1. The zero-order valence-electron chi connectivity index (χ0n) is 12.6. The first-order chi connectivity index (χ1) is 11.5. The summed E-state index contributed by atoms with van der Waals surface area (Å²) < 4.78 is 15.2. The zero-order chi connectivity index (χ0) is 17.3. The van der Waals surface area contributed by atoms with Gasteiger partial charge in [0.05, 0.1) is 23.4 Å². The van der Waals surface area contributed by atoms with Gasteiger partial charge in [-0.1, -0.05) is 0 Å². The molecule has 2 aromatic heterocycles. The molecule has 1 aromatic carbocycles. The van der Waals surface area contributed by atoms with Gasteiger partial charge in [0.25, 0.3) is 0 Å². The standard InChI is InChI=1S/C17H11FN4O2/c1-10(23)12-3-5-16(20-8-12)22-17(24)14(9-21-22)13-4-2-11(7-19)6-15(13)18/h2-6,8-9,24H,1H3. The van der Waals surface area contributed by atoms with Gasteiger partial charge in [0, 0.05) is 17.3 Å². The molecule has 118 valence electrons. The van der Waals surface area contributed by atoms with Crippen LogP contribution in [0, 0.1) is 17.1 Å². The van der Waals surface area contributed by atoms with Crippen LogP contribution in [0.15, 0.2) is 42.7 Å². The van der Waals surface area contributed by atoms with Gasteiger partial charge in [-0.25, -0.2) is 9.37 Å². The predicted molar refractivity (Wildman–Crippen MR) is 83.1 cm³/mol. The van der Waals surface area contributed by atoms with E-state index in [4.69, 9.17) is 5.26 Å². The second-order valence-electron chi connectivity index (χ2n) is 5.06. The number of benzene rings is 1. The van der Waals surface area contributed by atoms with Crippen molar-refractivity contribution in [3.05, 3.63) is 59.7 Å². The van der Waals surface area contributed by atoms with Crippen molar-refractivity contribution < 1.29 is 14.3 Å². The molecule has 0 saturated heterocycles. The lowest BCUT2D eigenvalue weighted by Crippen LogP contribution is -2.01. The summed E-state index contributed by atoms with van der Waals surface area (Å²) in [7, 11) is 0. The number of carbonyl (C=O) groups excluding carboxylic acids is 1. The third-order valence-electron chi connectivity index (χ3n) is 3.50. The number of halogens is 1. The highest BCUT2D eigenvalue weighted by Crippen LogP contribution is 2.32. The Morgan fingerprint density at radius 1 is 1.25 bits per heavy atom. The molecule has 0 aliphatic rings. The molecule has 0 radical (unpaired) electrons. The van der Waals surface area contributed by atoms with Crippen molar-refractivity contribution in [2.24, 2.45) is 0 Å². The van der Waals surface area contributed by atoms with Crippen LogP contribution in [-0.4, -0.2) is 25.7 Å². The highest BCUT2D eigenvalue weighted by molar-refractivity contribution is 5.93. The third-order valence-corrected chi connectivity index (χ3v) is 3.50. The summed E-state index contributed by atoms with van der Waals surface area (Å²) in [6.45, 7) is 1.42. The van der Waals surface area contributed by atoms with Crippen molar-refractivity contribution in [2.45, 2.75) is 6.92 Å². The van der Waals surface area contributed by atoms with Crippen molar-refractivity contribution in [3.8, 4) is 28.9 Å². The van der Waals surface area contributed by atoms with Crippen molar-refractivity contribution in [1.29, 1.82) is 5.26 Å². The fourth-order valence-electron chi connectivity index (χ4n) is 2.22. The summed E-state index contributed by atoms with van der Waals surface area (Å²) in [6, 6.07) is 8.89. The maximum atomic E-state index is 14.1. The molecular weight excluding hydrogens is 311 g/mol. The molecule has 7 heteroatoms. The predicted octanol–water partition coefficient (Wildman–Crippen LogP) is 2.85. The van der Waals surface area contributed by atoms with Crippen LogP contribution in [0.2, 0.25) is 0 Å². The number of Topliss-reactive ketones (excluding diaryl/α,β-unsaturated/α-hetero) is 1.